The number of hydrogen-bond acceptors (Lipinski definition) is 6. The first-order chi connectivity index (χ1) is 8.78. The minimum Gasteiger partial charge on any atom is -0.325 e. The Kier molecular flexibility index (Phi) is 5.03. The third-order valence-corrected chi connectivity index (χ3v) is 4.64. The highest BCUT2D eigenvalue weighted by atomic mass is 32.2. The van der Waals surface area contributed by atoms with Gasteiger partial charge in [0.05, 0.1) is 5.75 Å². The summed E-state index contributed by atoms with van der Waals surface area (Å²) in [6.07, 6.45) is 2.02. The van der Waals surface area contributed by atoms with Crippen LogP contribution in [0.2, 0.25) is 0 Å². The van der Waals surface area contributed by atoms with Gasteiger partial charge in [-0.15, -0.1) is 22.0 Å². The lowest BCUT2D eigenvalue weighted by Crippen LogP contribution is -2.13. The predicted molar refractivity (Wildman–Crippen MR) is 77.5 cm³/mol. The average molecular weight is 297 g/mol. The number of carbonyl (C=O) groups excluding carboxylic acids is 1. The number of carbonyl (C=O) groups is 1. The Balaban J connectivity index is 1.83. The van der Waals surface area contributed by atoms with Crippen molar-refractivity contribution in [3.63, 3.8) is 0 Å². The summed E-state index contributed by atoms with van der Waals surface area (Å²) in [5.74, 6) is 0.312. The number of nitrogens with zero attached hydrogens (tertiary/aromatic N) is 2. The minimum atomic E-state index is -0.0351. The summed E-state index contributed by atoms with van der Waals surface area (Å²) in [4.78, 5) is 12.9. The van der Waals surface area contributed by atoms with Crippen molar-refractivity contribution in [1.29, 1.82) is 0 Å². The lowest BCUT2D eigenvalue weighted by atomic mass is 10.3. The largest absolute Gasteiger partial charge is 0.325 e. The highest BCUT2D eigenvalue weighted by Gasteiger charge is 2.05. The lowest BCUT2D eigenvalue weighted by Gasteiger charge is -2.04. The van der Waals surface area contributed by atoms with E-state index in [-0.39, 0.29) is 5.91 Å². The third kappa shape index (κ3) is 4.01. The minimum absolute atomic E-state index is 0.0351. The molecule has 2 rings (SSSR count). The molecule has 94 valence electrons. The standard InChI is InChI=1S/C11H11N3OS3/c1-16-9-4-2-8(3-5-9)13-10(15)6-17-11-14-12-7-18-11/h2-5,7H,6H2,1H3,(H,13,15). The molecule has 0 saturated heterocycles. The van der Waals surface area contributed by atoms with Crippen LogP contribution in [0, 0.1) is 0 Å². The van der Waals surface area contributed by atoms with Gasteiger partial charge in [0, 0.05) is 10.6 Å². The molecule has 0 atom stereocenters. The SMILES string of the molecule is CSc1ccc(NC(=O)CSc2nncs2)cc1. The summed E-state index contributed by atoms with van der Waals surface area (Å²) in [7, 11) is 0. The molecule has 1 N–H and O–H groups in total. The van der Waals surface area contributed by atoms with Crippen molar-refractivity contribution in [1.82, 2.24) is 10.2 Å². The summed E-state index contributed by atoms with van der Waals surface area (Å²) in [6.45, 7) is 0. The molecule has 1 aromatic carbocycles. The molecular weight excluding hydrogens is 286 g/mol. The van der Waals surface area contributed by atoms with Crippen LogP contribution >= 0.6 is 34.9 Å². The molecule has 1 aromatic heterocycles. The first-order valence-corrected chi connectivity index (χ1v) is 8.20. The Bertz CT molecular complexity index is 499. The second-order valence-corrected chi connectivity index (χ2v) is 6.21. The van der Waals surface area contributed by atoms with Gasteiger partial charge in [-0.3, -0.25) is 4.79 Å². The predicted octanol–water partition coefficient (Wildman–Crippen LogP) is 2.99. The van der Waals surface area contributed by atoms with E-state index in [4.69, 9.17) is 0 Å². The first kappa shape index (κ1) is 13.4. The highest BCUT2D eigenvalue weighted by Crippen LogP contribution is 2.20. The van der Waals surface area contributed by atoms with Crippen LogP contribution in [-0.4, -0.2) is 28.1 Å². The maximum Gasteiger partial charge on any atom is 0.234 e. The normalized spacial score (nSPS) is 10.3. The molecule has 0 unspecified atom stereocenters. The Morgan fingerprint density at radius 3 is 2.78 bits per heavy atom. The molecule has 2 aromatic rings. The van der Waals surface area contributed by atoms with Gasteiger partial charge < -0.3 is 5.32 Å². The van der Waals surface area contributed by atoms with Crippen molar-refractivity contribution in [2.45, 2.75) is 9.24 Å². The molecule has 1 amide bonds. The summed E-state index contributed by atoms with van der Waals surface area (Å²) in [5.41, 5.74) is 2.47. The maximum atomic E-state index is 11.7. The quantitative estimate of drug-likeness (QED) is 0.860. The van der Waals surface area contributed by atoms with Crippen molar-refractivity contribution in [3.8, 4) is 0 Å². The molecule has 1 heterocycles. The Hall–Kier alpha value is -1.05. The van der Waals surface area contributed by atoms with E-state index in [1.807, 2.05) is 30.5 Å². The lowest BCUT2D eigenvalue weighted by molar-refractivity contribution is -0.113. The van der Waals surface area contributed by atoms with Gasteiger partial charge >= 0.3 is 0 Å². The number of rotatable bonds is 5. The number of nitrogens with one attached hydrogen (secondary N) is 1. The third-order valence-electron chi connectivity index (χ3n) is 2.04. The van der Waals surface area contributed by atoms with Crippen molar-refractivity contribution in [2.24, 2.45) is 0 Å². The van der Waals surface area contributed by atoms with E-state index < -0.39 is 0 Å². The topological polar surface area (TPSA) is 54.9 Å². The van der Waals surface area contributed by atoms with E-state index in [2.05, 4.69) is 15.5 Å². The molecule has 0 aliphatic rings. The molecule has 0 bridgehead atoms. The Labute approximate surface area is 118 Å². The monoisotopic (exact) mass is 297 g/mol. The van der Waals surface area contributed by atoms with Gasteiger partial charge in [0.2, 0.25) is 5.91 Å². The molecule has 0 saturated carbocycles. The Morgan fingerprint density at radius 2 is 2.17 bits per heavy atom. The van der Waals surface area contributed by atoms with E-state index in [1.165, 1.54) is 28.0 Å². The molecule has 0 radical (unpaired) electrons. The molecule has 0 aliphatic carbocycles. The van der Waals surface area contributed by atoms with Gasteiger partial charge in [-0.05, 0) is 30.5 Å². The molecule has 18 heavy (non-hydrogen) atoms. The van der Waals surface area contributed by atoms with Crippen LogP contribution in [0.5, 0.6) is 0 Å². The Morgan fingerprint density at radius 1 is 1.39 bits per heavy atom. The first-order valence-electron chi connectivity index (χ1n) is 5.11. The van der Waals surface area contributed by atoms with E-state index in [0.717, 1.165) is 10.0 Å². The van der Waals surface area contributed by atoms with Gasteiger partial charge in [-0.25, -0.2) is 0 Å². The highest BCUT2D eigenvalue weighted by molar-refractivity contribution is 8.01. The van der Waals surface area contributed by atoms with Crippen LogP contribution in [0.1, 0.15) is 0 Å². The van der Waals surface area contributed by atoms with E-state index >= 15 is 0 Å². The summed E-state index contributed by atoms with van der Waals surface area (Å²) in [5, 5.41) is 10.4. The number of anilines is 1. The zero-order chi connectivity index (χ0) is 12.8. The molecule has 4 nitrogen and oxygen atoms in total. The number of benzene rings is 1. The zero-order valence-electron chi connectivity index (χ0n) is 9.62. The molecule has 0 spiro atoms. The average Bonchev–Trinajstić information content (AvgIpc) is 2.90. The summed E-state index contributed by atoms with van der Waals surface area (Å²) < 4.78 is 0.808. The van der Waals surface area contributed by atoms with Crippen LogP contribution < -0.4 is 5.32 Å². The molecule has 7 heteroatoms. The zero-order valence-corrected chi connectivity index (χ0v) is 12.1. The van der Waals surface area contributed by atoms with Crippen LogP contribution in [0.4, 0.5) is 5.69 Å². The van der Waals surface area contributed by atoms with Crippen molar-refractivity contribution < 1.29 is 4.79 Å². The van der Waals surface area contributed by atoms with Crippen molar-refractivity contribution in [3.05, 3.63) is 29.8 Å². The van der Waals surface area contributed by atoms with Crippen LogP contribution in [-0.2, 0) is 4.79 Å². The van der Waals surface area contributed by atoms with Gasteiger partial charge in [0.15, 0.2) is 4.34 Å². The number of aromatic nitrogens is 2. The van der Waals surface area contributed by atoms with Gasteiger partial charge in [0.25, 0.3) is 0 Å². The second-order valence-electron chi connectivity index (χ2n) is 3.27. The second kappa shape index (κ2) is 6.77. The van der Waals surface area contributed by atoms with Crippen molar-refractivity contribution in [2.75, 3.05) is 17.3 Å². The summed E-state index contributed by atoms with van der Waals surface area (Å²) in [6, 6.07) is 7.77. The number of hydrogen-bond donors (Lipinski definition) is 1. The fourth-order valence-electron chi connectivity index (χ4n) is 1.22. The van der Waals surface area contributed by atoms with E-state index in [0.29, 0.717) is 5.75 Å². The molecule has 0 aliphatic heterocycles. The summed E-state index contributed by atoms with van der Waals surface area (Å²) >= 11 is 4.50. The van der Waals surface area contributed by atoms with Gasteiger partial charge in [-0.2, -0.15) is 0 Å². The fraction of sp³-hybridized carbons (Fsp3) is 0.182. The maximum absolute atomic E-state index is 11.7. The van der Waals surface area contributed by atoms with E-state index in [9.17, 15) is 4.79 Å². The fourth-order valence-corrected chi connectivity index (χ4v) is 2.92. The van der Waals surface area contributed by atoms with Crippen molar-refractivity contribution >= 4 is 46.5 Å². The van der Waals surface area contributed by atoms with E-state index in [1.54, 1.807) is 17.3 Å². The number of thioether (sulfide) groups is 2. The van der Waals surface area contributed by atoms with Gasteiger partial charge in [-0.1, -0.05) is 23.1 Å². The molecular formula is C11H11N3OS3. The van der Waals surface area contributed by atoms with Gasteiger partial charge in [0.1, 0.15) is 5.51 Å². The molecule has 0 fully saturated rings. The number of amides is 1. The van der Waals surface area contributed by atoms with Crippen LogP contribution in [0.3, 0.4) is 0 Å². The smallest absolute Gasteiger partial charge is 0.234 e. The van der Waals surface area contributed by atoms with Crippen LogP contribution in [0.15, 0.2) is 39.0 Å². The van der Waals surface area contributed by atoms with Crippen LogP contribution in [0.25, 0.3) is 0 Å².